The molecule has 0 unspecified atom stereocenters. The van der Waals surface area contributed by atoms with Crippen LogP contribution in [0.2, 0.25) is 0 Å². The van der Waals surface area contributed by atoms with Crippen molar-refractivity contribution in [2.24, 2.45) is 5.73 Å². The van der Waals surface area contributed by atoms with Crippen molar-refractivity contribution in [3.8, 4) is 0 Å². The van der Waals surface area contributed by atoms with E-state index in [-0.39, 0.29) is 5.54 Å². The van der Waals surface area contributed by atoms with E-state index in [9.17, 15) is 0 Å². The smallest absolute Gasteiger partial charge is 0.0405 e. The van der Waals surface area contributed by atoms with E-state index in [4.69, 9.17) is 5.73 Å². The summed E-state index contributed by atoms with van der Waals surface area (Å²) in [5, 5.41) is 0. The molecule has 0 saturated heterocycles. The van der Waals surface area contributed by atoms with E-state index < -0.39 is 0 Å². The summed E-state index contributed by atoms with van der Waals surface area (Å²) >= 11 is 0. The summed E-state index contributed by atoms with van der Waals surface area (Å²) in [5.41, 5.74) is 10.4. The van der Waals surface area contributed by atoms with E-state index >= 15 is 0 Å². The van der Waals surface area contributed by atoms with Crippen LogP contribution in [0.25, 0.3) is 0 Å². The molecule has 1 heterocycles. The predicted octanol–water partition coefficient (Wildman–Crippen LogP) is 3.58. The third-order valence-corrected chi connectivity index (χ3v) is 4.77. The number of anilines is 1. The van der Waals surface area contributed by atoms with Gasteiger partial charge in [0, 0.05) is 23.8 Å². The monoisotopic (exact) mass is 258 g/mol. The Balaban J connectivity index is 1.92. The van der Waals surface area contributed by atoms with Crippen LogP contribution >= 0.6 is 0 Å². The first-order valence-electron chi connectivity index (χ1n) is 7.75. The number of fused-ring (bicyclic) bond motifs is 1. The summed E-state index contributed by atoms with van der Waals surface area (Å²) in [6.45, 7) is 5.42. The molecule has 1 aromatic carbocycles. The first-order valence-corrected chi connectivity index (χ1v) is 7.75. The lowest BCUT2D eigenvalue weighted by atomic mass is 9.89. The second-order valence-corrected chi connectivity index (χ2v) is 6.76. The summed E-state index contributed by atoms with van der Waals surface area (Å²) in [4.78, 5) is 2.66. The van der Waals surface area contributed by atoms with Gasteiger partial charge >= 0.3 is 0 Å². The van der Waals surface area contributed by atoms with Crippen molar-refractivity contribution in [1.29, 1.82) is 0 Å². The van der Waals surface area contributed by atoms with Crippen LogP contribution in [0.5, 0.6) is 0 Å². The molecule has 1 aliphatic heterocycles. The molecule has 3 rings (SSSR count). The van der Waals surface area contributed by atoms with E-state index in [1.807, 2.05) is 0 Å². The Bertz CT molecular complexity index is 453. The number of hydrogen-bond acceptors (Lipinski definition) is 2. The van der Waals surface area contributed by atoms with Gasteiger partial charge in [-0.25, -0.2) is 0 Å². The first-order chi connectivity index (χ1) is 9.07. The van der Waals surface area contributed by atoms with Crippen molar-refractivity contribution in [3.05, 3.63) is 29.3 Å². The Kier molecular flexibility index (Phi) is 3.30. The van der Waals surface area contributed by atoms with E-state index in [1.54, 1.807) is 0 Å². The molecule has 1 saturated carbocycles. The molecule has 0 spiro atoms. The molecule has 0 radical (unpaired) electrons. The Hall–Kier alpha value is -1.02. The maximum atomic E-state index is 6.34. The van der Waals surface area contributed by atoms with Gasteiger partial charge in [-0.2, -0.15) is 0 Å². The highest BCUT2D eigenvalue weighted by atomic mass is 15.2. The number of nitrogens with zero attached hydrogens (tertiary/aromatic N) is 1. The summed E-state index contributed by atoms with van der Waals surface area (Å²) in [7, 11) is 0. The minimum atomic E-state index is -0.228. The molecular formula is C17H26N2. The molecule has 2 N–H and O–H groups in total. The standard InChI is InChI=1S/C17H26N2/c1-17(2,18)15-9-6-10-16-14(15)11-12-19(16)13-7-4-3-5-8-13/h6,9-10,13H,3-5,7-8,11-12,18H2,1-2H3. The number of rotatable bonds is 2. The summed E-state index contributed by atoms with van der Waals surface area (Å²) in [6.07, 6.45) is 8.14. The van der Waals surface area contributed by atoms with Crippen LogP contribution in [0.1, 0.15) is 57.1 Å². The van der Waals surface area contributed by atoms with Crippen molar-refractivity contribution in [2.45, 2.75) is 64.0 Å². The van der Waals surface area contributed by atoms with E-state index in [2.05, 4.69) is 36.9 Å². The lowest BCUT2D eigenvalue weighted by molar-refractivity contribution is 0.420. The lowest BCUT2D eigenvalue weighted by Gasteiger charge is -2.33. The zero-order chi connectivity index (χ0) is 13.5. The predicted molar refractivity (Wildman–Crippen MR) is 81.6 cm³/mol. The van der Waals surface area contributed by atoms with Gasteiger partial charge in [-0.3, -0.25) is 0 Å². The summed E-state index contributed by atoms with van der Waals surface area (Å²) < 4.78 is 0. The second-order valence-electron chi connectivity index (χ2n) is 6.76. The van der Waals surface area contributed by atoms with Gasteiger partial charge in [-0.1, -0.05) is 31.4 Å². The molecule has 2 aliphatic rings. The normalized spacial score (nSPS) is 20.7. The maximum Gasteiger partial charge on any atom is 0.0405 e. The average molecular weight is 258 g/mol. The van der Waals surface area contributed by atoms with Crippen LogP contribution < -0.4 is 10.6 Å². The second kappa shape index (κ2) is 4.82. The van der Waals surface area contributed by atoms with E-state index in [0.717, 1.165) is 6.04 Å². The zero-order valence-electron chi connectivity index (χ0n) is 12.3. The number of hydrogen-bond donors (Lipinski definition) is 1. The van der Waals surface area contributed by atoms with Crippen LogP contribution in [0.4, 0.5) is 5.69 Å². The van der Waals surface area contributed by atoms with Gasteiger partial charge < -0.3 is 10.6 Å². The average Bonchev–Trinajstić information content (AvgIpc) is 2.82. The molecule has 0 bridgehead atoms. The quantitative estimate of drug-likeness (QED) is 0.878. The van der Waals surface area contributed by atoms with Crippen molar-refractivity contribution in [2.75, 3.05) is 11.4 Å². The third-order valence-electron chi connectivity index (χ3n) is 4.77. The molecule has 1 aliphatic carbocycles. The van der Waals surface area contributed by atoms with E-state index in [1.165, 1.54) is 61.9 Å². The minimum absolute atomic E-state index is 0.228. The van der Waals surface area contributed by atoms with Gasteiger partial charge in [-0.15, -0.1) is 0 Å². The van der Waals surface area contributed by atoms with Crippen LogP contribution in [0.3, 0.4) is 0 Å². The molecule has 2 heteroatoms. The topological polar surface area (TPSA) is 29.3 Å². The van der Waals surface area contributed by atoms with Crippen molar-refractivity contribution < 1.29 is 0 Å². The van der Waals surface area contributed by atoms with Crippen LogP contribution in [-0.4, -0.2) is 12.6 Å². The highest BCUT2D eigenvalue weighted by Gasteiger charge is 2.30. The fourth-order valence-corrected chi connectivity index (χ4v) is 3.83. The highest BCUT2D eigenvalue weighted by Crippen LogP contribution is 2.38. The fourth-order valence-electron chi connectivity index (χ4n) is 3.83. The van der Waals surface area contributed by atoms with Gasteiger partial charge in [0.2, 0.25) is 0 Å². The minimum Gasteiger partial charge on any atom is -0.368 e. The Morgan fingerprint density at radius 3 is 2.58 bits per heavy atom. The summed E-state index contributed by atoms with van der Waals surface area (Å²) in [5.74, 6) is 0. The van der Waals surface area contributed by atoms with Crippen LogP contribution in [0.15, 0.2) is 18.2 Å². The van der Waals surface area contributed by atoms with Gasteiger partial charge in [0.05, 0.1) is 0 Å². The third kappa shape index (κ3) is 2.38. The van der Waals surface area contributed by atoms with E-state index in [0.29, 0.717) is 0 Å². The molecule has 0 atom stereocenters. The lowest BCUT2D eigenvalue weighted by Crippen LogP contribution is -2.35. The van der Waals surface area contributed by atoms with Crippen molar-refractivity contribution in [3.63, 3.8) is 0 Å². The Morgan fingerprint density at radius 2 is 1.89 bits per heavy atom. The molecule has 0 aromatic heterocycles. The molecule has 0 amide bonds. The van der Waals surface area contributed by atoms with Gasteiger partial charge in [0.15, 0.2) is 0 Å². The zero-order valence-corrected chi connectivity index (χ0v) is 12.3. The fraction of sp³-hybridized carbons (Fsp3) is 0.647. The SMILES string of the molecule is CC(C)(N)c1cccc2c1CCN2C1CCCCC1. The molecule has 2 nitrogen and oxygen atoms in total. The highest BCUT2D eigenvalue weighted by molar-refractivity contribution is 5.62. The number of nitrogens with two attached hydrogens (primary N) is 1. The van der Waals surface area contributed by atoms with Crippen LogP contribution in [0, 0.1) is 0 Å². The molecule has 1 fully saturated rings. The van der Waals surface area contributed by atoms with Gasteiger partial charge in [0.1, 0.15) is 0 Å². The summed E-state index contributed by atoms with van der Waals surface area (Å²) in [6, 6.07) is 7.46. The largest absolute Gasteiger partial charge is 0.368 e. The van der Waals surface area contributed by atoms with Gasteiger partial charge in [-0.05, 0) is 50.3 Å². The molecular weight excluding hydrogens is 232 g/mol. The van der Waals surface area contributed by atoms with Crippen LogP contribution in [-0.2, 0) is 12.0 Å². The molecule has 1 aromatic rings. The molecule has 104 valence electrons. The number of benzene rings is 1. The van der Waals surface area contributed by atoms with Crippen molar-refractivity contribution in [1.82, 2.24) is 0 Å². The Morgan fingerprint density at radius 1 is 1.16 bits per heavy atom. The first kappa shape index (κ1) is 13.0. The maximum absolute atomic E-state index is 6.34. The Labute approximate surface area is 117 Å². The molecule has 19 heavy (non-hydrogen) atoms. The van der Waals surface area contributed by atoms with Crippen molar-refractivity contribution >= 4 is 5.69 Å². The van der Waals surface area contributed by atoms with Gasteiger partial charge in [0.25, 0.3) is 0 Å².